The minimum atomic E-state index is -0.990. The molecule has 0 spiro atoms. The van der Waals surface area contributed by atoms with E-state index in [2.05, 4.69) is 0 Å². The van der Waals surface area contributed by atoms with Crippen molar-refractivity contribution in [2.45, 2.75) is 51.0 Å². The van der Waals surface area contributed by atoms with Gasteiger partial charge in [0.2, 0.25) is 0 Å². The summed E-state index contributed by atoms with van der Waals surface area (Å²) in [7, 11) is 0. The number of aliphatic carboxylic acids is 1. The minimum Gasteiger partial charge on any atom is -0.481 e. The second-order valence-corrected chi connectivity index (χ2v) is 3.58. The number of aliphatic hydroxyl groups is 1. The van der Waals surface area contributed by atoms with Crippen molar-refractivity contribution in [3.63, 3.8) is 0 Å². The molecule has 1 aliphatic rings. The van der Waals surface area contributed by atoms with Crippen molar-refractivity contribution >= 4 is 5.97 Å². The van der Waals surface area contributed by atoms with E-state index < -0.39 is 11.6 Å². The third-order valence-corrected chi connectivity index (χ3v) is 2.14. The Labute approximate surface area is 84.2 Å². The van der Waals surface area contributed by atoms with Gasteiger partial charge in [0, 0.05) is 6.92 Å². The van der Waals surface area contributed by atoms with Crippen LogP contribution in [-0.4, -0.2) is 21.8 Å². The van der Waals surface area contributed by atoms with Crippen molar-refractivity contribution in [1.82, 2.24) is 0 Å². The number of rotatable bonds is 0. The Balaban J connectivity index is 0.000000364. The Bertz CT molecular complexity index is 208. The third kappa shape index (κ3) is 6.44. The van der Waals surface area contributed by atoms with Crippen LogP contribution in [0.3, 0.4) is 0 Å². The van der Waals surface area contributed by atoms with E-state index in [0.717, 1.165) is 19.8 Å². The summed E-state index contributed by atoms with van der Waals surface area (Å²) in [5.74, 6) is -0.833. The largest absolute Gasteiger partial charge is 0.481 e. The van der Waals surface area contributed by atoms with E-state index in [1.54, 1.807) is 0 Å². The quantitative estimate of drug-likeness (QED) is 0.459. The van der Waals surface area contributed by atoms with Gasteiger partial charge in [0.05, 0.1) is 6.07 Å². The molecule has 0 unspecified atom stereocenters. The maximum absolute atomic E-state index is 9.50. The van der Waals surface area contributed by atoms with E-state index in [9.17, 15) is 5.11 Å². The standard InChI is InChI=1S/C8H13NO.C2H4O2/c9-7-8(10)5-3-1-2-4-6-8;1-2(3)4/h10H,1-6H2;1H3,(H,3,4). The van der Waals surface area contributed by atoms with Crippen molar-refractivity contribution in [3.8, 4) is 6.07 Å². The molecule has 0 bridgehead atoms. The summed E-state index contributed by atoms with van der Waals surface area (Å²) in [6, 6.07) is 1.98. The first kappa shape index (κ1) is 12.9. The highest BCUT2D eigenvalue weighted by molar-refractivity contribution is 5.62. The van der Waals surface area contributed by atoms with Gasteiger partial charge in [-0.15, -0.1) is 0 Å². The van der Waals surface area contributed by atoms with Gasteiger partial charge >= 0.3 is 0 Å². The number of nitriles is 1. The fraction of sp³-hybridized carbons (Fsp3) is 0.800. The van der Waals surface area contributed by atoms with Crippen LogP contribution in [0.2, 0.25) is 0 Å². The van der Waals surface area contributed by atoms with E-state index in [1.165, 1.54) is 12.8 Å². The molecule has 1 aliphatic carbocycles. The first-order valence-corrected chi connectivity index (χ1v) is 4.83. The van der Waals surface area contributed by atoms with Crippen LogP contribution in [0, 0.1) is 11.3 Å². The SMILES string of the molecule is CC(=O)O.N#CC1(O)CCCCCC1. The Hall–Kier alpha value is -1.08. The minimum absolute atomic E-state index is 0.670. The summed E-state index contributed by atoms with van der Waals surface area (Å²) < 4.78 is 0. The van der Waals surface area contributed by atoms with Gasteiger partial charge in [0.1, 0.15) is 0 Å². The maximum Gasteiger partial charge on any atom is 0.300 e. The summed E-state index contributed by atoms with van der Waals surface area (Å²) in [4.78, 5) is 9.00. The van der Waals surface area contributed by atoms with Gasteiger partial charge in [0.15, 0.2) is 5.60 Å². The zero-order chi connectivity index (χ0) is 11.0. The van der Waals surface area contributed by atoms with E-state index >= 15 is 0 Å². The highest BCUT2D eigenvalue weighted by atomic mass is 16.4. The maximum atomic E-state index is 9.50. The van der Waals surface area contributed by atoms with E-state index in [-0.39, 0.29) is 0 Å². The number of carboxylic acids is 1. The lowest BCUT2D eigenvalue weighted by Crippen LogP contribution is -2.24. The molecule has 1 rings (SSSR count). The van der Waals surface area contributed by atoms with E-state index in [4.69, 9.17) is 15.2 Å². The molecule has 1 saturated carbocycles. The number of carbonyl (C=O) groups is 1. The second-order valence-electron chi connectivity index (χ2n) is 3.58. The molecule has 0 atom stereocenters. The molecule has 0 aliphatic heterocycles. The number of hydrogen-bond donors (Lipinski definition) is 2. The Morgan fingerprint density at radius 1 is 1.29 bits per heavy atom. The van der Waals surface area contributed by atoms with Crippen LogP contribution in [0.4, 0.5) is 0 Å². The van der Waals surface area contributed by atoms with Crippen LogP contribution in [0.5, 0.6) is 0 Å². The van der Waals surface area contributed by atoms with Gasteiger partial charge in [0.25, 0.3) is 5.97 Å². The molecule has 14 heavy (non-hydrogen) atoms. The lowest BCUT2D eigenvalue weighted by Gasteiger charge is -2.15. The zero-order valence-corrected chi connectivity index (χ0v) is 8.49. The molecular weight excluding hydrogens is 182 g/mol. The van der Waals surface area contributed by atoms with Crippen LogP contribution < -0.4 is 0 Å². The molecule has 4 heteroatoms. The van der Waals surface area contributed by atoms with Crippen molar-refractivity contribution in [1.29, 1.82) is 5.26 Å². The number of carboxylic acid groups (broad SMARTS) is 1. The predicted molar refractivity (Wildman–Crippen MR) is 51.6 cm³/mol. The second kappa shape index (κ2) is 6.39. The summed E-state index contributed by atoms with van der Waals surface area (Å²) in [6.45, 7) is 1.08. The molecule has 0 aromatic rings. The van der Waals surface area contributed by atoms with Crippen molar-refractivity contribution in [2.75, 3.05) is 0 Å². The summed E-state index contributed by atoms with van der Waals surface area (Å²) in [6.07, 6.45) is 5.69. The summed E-state index contributed by atoms with van der Waals surface area (Å²) in [5.41, 5.74) is -0.990. The number of nitrogens with zero attached hydrogens (tertiary/aromatic N) is 1. The number of hydrogen-bond acceptors (Lipinski definition) is 3. The molecular formula is C10H17NO3. The highest BCUT2D eigenvalue weighted by Gasteiger charge is 2.26. The van der Waals surface area contributed by atoms with Gasteiger partial charge in [-0.2, -0.15) is 5.26 Å². The average molecular weight is 199 g/mol. The van der Waals surface area contributed by atoms with Crippen LogP contribution in [0.1, 0.15) is 45.4 Å². The normalized spacial score (nSPS) is 19.5. The van der Waals surface area contributed by atoms with E-state index in [0.29, 0.717) is 12.8 Å². The van der Waals surface area contributed by atoms with Gasteiger partial charge in [-0.3, -0.25) is 4.79 Å². The smallest absolute Gasteiger partial charge is 0.300 e. The fourth-order valence-corrected chi connectivity index (χ4v) is 1.43. The molecule has 80 valence electrons. The van der Waals surface area contributed by atoms with Crippen LogP contribution in [-0.2, 0) is 4.79 Å². The Kier molecular flexibility index (Phi) is 5.89. The molecule has 1 fully saturated rings. The average Bonchev–Trinajstić information content (AvgIpc) is 2.30. The van der Waals surface area contributed by atoms with E-state index in [1.807, 2.05) is 6.07 Å². The summed E-state index contributed by atoms with van der Waals surface area (Å²) >= 11 is 0. The zero-order valence-electron chi connectivity index (χ0n) is 8.49. The van der Waals surface area contributed by atoms with Crippen LogP contribution in [0.15, 0.2) is 0 Å². The van der Waals surface area contributed by atoms with Crippen LogP contribution in [0.25, 0.3) is 0 Å². The molecule has 0 heterocycles. The molecule has 0 amide bonds. The topological polar surface area (TPSA) is 81.3 Å². The van der Waals surface area contributed by atoms with Crippen molar-refractivity contribution < 1.29 is 15.0 Å². The molecule has 0 radical (unpaired) electrons. The molecule has 2 N–H and O–H groups in total. The Morgan fingerprint density at radius 2 is 1.64 bits per heavy atom. The van der Waals surface area contributed by atoms with Crippen molar-refractivity contribution in [3.05, 3.63) is 0 Å². The molecule has 0 aromatic carbocycles. The van der Waals surface area contributed by atoms with Gasteiger partial charge < -0.3 is 10.2 Å². The fourth-order valence-electron chi connectivity index (χ4n) is 1.43. The molecule has 0 saturated heterocycles. The highest BCUT2D eigenvalue weighted by Crippen LogP contribution is 2.25. The molecule has 4 nitrogen and oxygen atoms in total. The molecule has 0 aromatic heterocycles. The van der Waals surface area contributed by atoms with Gasteiger partial charge in [-0.05, 0) is 25.7 Å². The lowest BCUT2D eigenvalue weighted by atomic mass is 9.97. The lowest BCUT2D eigenvalue weighted by molar-refractivity contribution is -0.134. The van der Waals surface area contributed by atoms with Crippen LogP contribution >= 0.6 is 0 Å². The third-order valence-electron chi connectivity index (χ3n) is 2.14. The van der Waals surface area contributed by atoms with Gasteiger partial charge in [-0.1, -0.05) is 12.8 Å². The Morgan fingerprint density at radius 3 is 1.93 bits per heavy atom. The summed E-state index contributed by atoms with van der Waals surface area (Å²) in [5, 5.41) is 25.5. The predicted octanol–water partition coefficient (Wildman–Crippen LogP) is 1.69. The van der Waals surface area contributed by atoms with Crippen molar-refractivity contribution in [2.24, 2.45) is 0 Å². The first-order chi connectivity index (χ1) is 6.50. The first-order valence-electron chi connectivity index (χ1n) is 4.83. The monoisotopic (exact) mass is 199 g/mol. The van der Waals surface area contributed by atoms with Gasteiger partial charge in [-0.25, -0.2) is 0 Å².